The highest BCUT2D eigenvalue weighted by atomic mass is 19.1. The molecule has 0 aliphatic carbocycles. The van der Waals surface area contributed by atoms with E-state index >= 15 is 0 Å². The lowest BCUT2D eigenvalue weighted by Crippen LogP contribution is -2.11. The van der Waals surface area contributed by atoms with Crippen molar-refractivity contribution in [2.75, 3.05) is 12.3 Å². The largest absolute Gasteiger partial charge is 0.462 e. The third-order valence-corrected chi connectivity index (χ3v) is 2.85. The molecule has 1 heterocycles. The number of halogens is 1. The topological polar surface area (TPSA) is 70.1 Å². The van der Waals surface area contributed by atoms with Crippen LogP contribution in [0.1, 0.15) is 28.7 Å². The third kappa shape index (κ3) is 2.49. The van der Waals surface area contributed by atoms with Crippen LogP contribution in [0.5, 0.6) is 0 Å². The number of aryl methyl sites for hydroxylation is 2. The van der Waals surface area contributed by atoms with Crippen LogP contribution in [0.3, 0.4) is 0 Å². The molecule has 106 valence electrons. The molecule has 0 atom stereocenters. The Morgan fingerprint density at radius 1 is 1.40 bits per heavy atom. The van der Waals surface area contributed by atoms with Gasteiger partial charge < -0.3 is 10.5 Å². The SMILES string of the molecule is CCOC(=O)c1cc(-n2nc(C)cc2C)c(F)cc1N. The number of carbonyl (C=O) groups is 1. The lowest BCUT2D eigenvalue weighted by molar-refractivity contribution is 0.0527. The standard InChI is InChI=1S/C14H16FN3O2/c1-4-20-14(19)10-6-13(11(15)7-12(10)16)18-9(3)5-8(2)17-18/h5-7H,4,16H2,1-3H3. The Bertz CT molecular complexity index is 665. The second-order valence-corrected chi connectivity index (χ2v) is 4.45. The first-order chi connectivity index (χ1) is 9.43. The van der Waals surface area contributed by atoms with Gasteiger partial charge in [0, 0.05) is 11.4 Å². The summed E-state index contributed by atoms with van der Waals surface area (Å²) < 4.78 is 20.4. The molecule has 0 bridgehead atoms. The van der Waals surface area contributed by atoms with Crippen molar-refractivity contribution in [1.82, 2.24) is 9.78 Å². The van der Waals surface area contributed by atoms with Gasteiger partial charge in [0.1, 0.15) is 5.69 Å². The first-order valence-electron chi connectivity index (χ1n) is 6.23. The molecule has 0 saturated carbocycles. The highest BCUT2D eigenvalue weighted by molar-refractivity contribution is 5.95. The molecule has 0 fully saturated rings. The fourth-order valence-corrected chi connectivity index (χ4v) is 2.00. The van der Waals surface area contributed by atoms with Crippen molar-refractivity contribution in [3.05, 3.63) is 41.0 Å². The van der Waals surface area contributed by atoms with Crippen LogP contribution in [0.25, 0.3) is 5.69 Å². The maximum atomic E-state index is 14.1. The molecular formula is C14H16FN3O2. The number of hydrogen-bond acceptors (Lipinski definition) is 4. The predicted molar refractivity (Wildman–Crippen MR) is 73.4 cm³/mol. The fourth-order valence-electron chi connectivity index (χ4n) is 2.00. The Hall–Kier alpha value is -2.37. The summed E-state index contributed by atoms with van der Waals surface area (Å²) in [6.07, 6.45) is 0. The van der Waals surface area contributed by atoms with Gasteiger partial charge in [0.15, 0.2) is 5.82 Å². The molecule has 1 aromatic carbocycles. The van der Waals surface area contributed by atoms with Crippen LogP contribution >= 0.6 is 0 Å². The zero-order valence-electron chi connectivity index (χ0n) is 11.6. The summed E-state index contributed by atoms with van der Waals surface area (Å²) in [4.78, 5) is 11.8. The smallest absolute Gasteiger partial charge is 0.340 e. The lowest BCUT2D eigenvalue weighted by Gasteiger charge is -2.10. The summed E-state index contributed by atoms with van der Waals surface area (Å²) in [5, 5.41) is 4.20. The second-order valence-electron chi connectivity index (χ2n) is 4.45. The Labute approximate surface area is 116 Å². The number of benzene rings is 1. The van der Waals surface area contributed by atoms with E-state index < -0.39 is 11.8 Å². The van der Waals surface area contributed by atoms with E-state index in [1.807, 2.05) is 13.0 Å². The van der Waals surface area contributed by atoms with Crippen LogP contribution < -0.4 is 5.73 Å². The molecule has 1 aromatic heterocycles. The normalized spacial score (nSPS) is 10.6. The quantitative estimate of drug-likeness (QED) is 0.690. The van der Waals surface area contributed by atoms with Crippen molar-refractivity contribution in [2.24, 2.45) is 0 Å². The molecule has 0 spiro atoms. The number of ether oxygens (including phenoxy) is 1. The molecule has 2 aromatic rings. The molecule has 6 heteroatoms. The first-order valence-corrected chi connectivity index (χ1v) is 6.23. The zero-order chi connectivity index (χ0) is 14.9. The predicted octanol–water partition coefficient (Wildman–Crippen LogP) is 2.39. The van der Waals surface area contributed by atoms with Gasteiger partial charge in [0.25, 0.3) is 0 Å². The van der Waals surface area contributed by atoms with E-state index in [1.165, 1.54) is 10.7 Å². The van der Waals surface area contributed by atoms with Crippen LogP contribution in [0, 0.1) is 19.7 Å². The number of anilines is 1. The van der Waals surface area contributed by atoms with Gasteiger partial charge in [-0.1, -0.05) is 0 Å². The molecule has 2 rings (SSSR count). The van der Waals surface area contributed by atoms with E-state index in [9.17, 15) is 9.18 Å². The minimum atomic E-state index is -0.576. The van der Waals surface area contributed by atoms with Gasteiger partial charge >= 0.3 is 5.97 Å². The molecule has 0 aliphatic heterocycles. The number of nitrogen functional groups attached to an aromatic ring is 1. The van der Waals surface area contributed by atoms with Gasteiger partial charge in [0.05, 0.1) is 17.9 Å². The van der Waals surface area contributed by atoms with E-state index in [-0.39, 0.29) is 23.5 Å². The lowest BCUT2D eigenvalue weighted by atomic mass is 10.1. The second kappa shape index (κ2) is 5.32. The molecule has 0 amide bonds. The number of nitrogens with zero attached hydrogens (tertiary/aromatic N) is 2. The van der Waals surface area contributed by atoms with Gasteiger partial charge in [-0.05, 0) is 39.0 Å². The van der Waals surface area contributed by atoms with Crippen LogP contribution in [-0.2, 0) is 4.74 Å². The van der Waals surface area contributed by atoms with Crippen molar-refractivity contribution >= 4 is 11.7 Å². The number of carbonyl (C=O) groups excluding carboxylic acids is 1. The highest BCUT2D eigenvalue weighted by Gasteiger charge is 2.17. The van der Waals surface area contributed by atoms with Crippen molar-refractivity contribution in [3.63, 3.8) is 0 Å². The Balaban J connectivity index is 2.57. The zero-order valence-corrected chi connectivity index (χ0v) is 11.6. The Morgan fingerprint density at radius 2 is 2.10 bits per heavy atom. The minimum Gasteiger partial charge on any atom is -0.462 e. The van der Waals surface area contributed by atoms with Gasteiger partial charge in [-0.25, -0.2) is 13.9 Å². The summed E-state index contributed by atoms with van der Waals surface area (Å²) in [7, 11) is 0. The summed E-state index contributed by atoms with van der Waals surface area (Å²) in [5.74, 6) is -1.12. The Kier molecular flexibility index (Phi) is 3.74. The molecule has 20 heavy (non-hydrogen) atoms. The van der Waals surface area contributed by atoms with E-state index in [1.54, 1.807) is 13.8 Å². The maximum Gasteiger partial charge on any atom is 0.340 e. The van der Waals surface area contributed by atoms with Gasteiger partial charge in [-0.15, -0.1) is 0 Å². The summed E-state index contributed by atoms with van der Waals surface area (Å²) in [6.45, 7) is 5.54. The fraction of sp³-hybridized carbons (Fsp3) is 0.286. The molecule has 0 aliphatic rings. The molecule has 5 nitrogen and oxygen atoms in total. The maximum absolute atomic E-state index is 14.1. The molecule has 2 N–H and O–H groups in total. The minimum absolute atomic E-state index is 0.0474. The van der Waals surface area contributed by atoms with Crippen molar-refractivity contribution in [3.8, 4) is 5.69 Å². The molecule has 0 unspecified atom stereocenters. The van der Waals surface area contributed by atoms with Crippen LogP contribution in [0.4, 0.5) is 10.1 Å². The Morgan fingerprint density at radius 3 is 2.65 bits per heavy atom. The number of hydrogen-bond donors (Lipinski definition) is 1. The van der Waals surface area contributed by atoms with Crippen molar-refractivity contribution in [1.29, 1.82) is 0 Å². The molecular weight excluding hydrogens is 261 g/mol. The third-order valence-electron chi connectivity index (χ3n) is 2.85. The number of esters is 1. The average Bonchev–Trinajstić information content (AvgIpc) is 2.68. The average molecular weight is 277 g/mol. The monoisotopic (exact) mass is 277 g/mol. The van der Waals surface area contributed by atoms with Crippen molar-refractivity contribution < 1.29 is 13.9 Å². The van der Waals surface area contributed by atoms with Gasteiger partial charge in [-0.2, -0.15) is 5.10 Å². The first kappa shape index (κ1) is 14.0. The summed E-state index contributed by atoms with van der Waals surface area (Å²) >= 11 is 0. The number of rotatable bonds is 3. The number of nitrogens with two attached hydrogens (primary N) is 1. The van der Waals surface area contributed by atoms with E-state index in [2.05, 4.69) is 5.10 Å². The molecule has 0 saturated heterocycles. The summed E-state index contributed by atoms with van der Waals surface area (Å²) in [6, 6.07) is 4.29. The van der Waals surface area contributed by atoms with Crippen LogP contribution in [0.15, 0.2) is 18.2 Å². The molecule has 0 radical (unpaired) electrons. The van der Waals surface area contributed by atoms with Gasteiger partial charge in [0.2, 0.25) is 0 Å². The van der Waals surface area contributed by atoms with Crippen molar-refractivity contribution in [2.45, 2.75) is 20.8 Å². The number of aromatic nitrogens is 2. The van der Waals surface area contributed by atoms with E-state index in [0.29, 0.717) is 0 Å². The van der Waals surface area contributed by atoms with Gasteiger partial charge in [-0.3, -0.25) is 0 Å². The van der Waals surface area contributed by atoms with E-state index in [4.69, 9.17) is 10.5 Å². The van der Waals surface area contributed by atoms with E-state index in [0.717, 1.165) is 17.5 Å². The highest BCUT2D eigenvalue weighted by Crippen LogP contribution is 2.23. The van der Waals surface area contributed by atoms with Crippen LogP contribution in [-0.4, -0.2) is 22.4 Å². The summed E-state index contributed by atoms with van der Waals surface area (Å²) in [5.41, 5.74) is 7.55. The van der Waals surface area contributed by atoms with Crippen LogP contribution in [0.2, 0.25) is 0 Å².